The predicted octanol–water partition coefficient (Wildman–Crippen LogP) is -1.14. The summed E-state index contributed by atoms with van der Waals surface area (Å²) in [6.07, 6.45) is 0. The van der Waals surface area contributed by atoms with Crippen LogP contribution in [0.1, 0.15) is 17.3 Å². The zero-order valence-corrected chi connectivity index (χ0v) is 14.3. The van der Waals surface area contributed by atoms with E-state index in [-0.39, 0.29) is 60.3 Å². The number of carbonyl (C=O) groups excluding carboxylic acids is 1. The Labute approximate surface area is 151 Å². The largest absolute Gasteiger partial charge is 1.00 e. The summed E-state index contributed by atoms with van der Waals surface area (Å²) in [6.45, 7) is 0.204. The van der Waals surface area contributed by atoms with E-state index >= 15 is 0 Å². The summed E-state index contributed by atoms with van der Waals surface area (Å²) in [4.78, 5) is 11.9. The molecule has 0 fully saturated rings. The van der Waals surface area contributed by atoms with E-state index in [1.807, 2.05) is 0 Å². The van der Waals surface area contributed by atoms with Crippen molar-refractivity contribution in [2.45, 2.75) is 6.54 Å². The van der Waals surface area contributed by atoms with Crippen molar-refractivity contribution in [3.8, 4) is 23.0 Å². The molecule has 2 aromatic carbocycles. The van der Waals surface area contributed by atoms with Crippen molar-refractivity contribution in [1.82, 2.24) is 5.32 Å². The summed E-state index contributed by atoms with van der Waals surface area (Å²) in [7, 11) is 1.44. The number of methoxy groups -OCH3 is 1. The minimum Gasteiger partial charge on any atom is -1.00 e. The molecule has 7 heteroatoms. The predicted molar refractivity (Wildman–Crippen MR) is 76.7 cm³/mol. The van der Waals surface area contributed by atoms with Gasteiger partial charge in [0.25, 0.3) is 5.91 Å². The SMILES string of the molecule is COc1cc(CNC(=O)c2ccc(O)cc2O)ccc1O.[H-].[Na+]. The number of hydrogen-bond donors (Lipinski definition) is 4. The Morgan fingerprint density at radius 2 is 1.86 bits per heavy atom. The molecule has 0 spiro atoms. The van der Waals surface area contributed by atoms with E-state index in [2.05, 4.69) is 5.32 Å². The quantitative estimate of drug-likeness (QED) is 0.535. The van der Waals surface area contributed by atoms with E-state index in [4.69, 9.17) is 4.74 Å². The molecule has 0 aliphatic rings. The monoisotopic (exact) mass is 313 g/mol. The maximum absolute atomic E-state index is 11.9. The van der Waals surface area contributed by atoms with E-state index in [1.165, 1.54) is 25.3 Å². The van der Waals surface area contributed by atoms with Gasteiger partial charge in [-0.2, -0.15) is 0 Å². The molecule has 4 N–H and O–H groups in total. The maximum atomic E-state index is 11.9. The molecule has 0 aliphatic carbocycles. The van der Waals surface area contributed by atoms with Crippen molar-refractivity contribution in [3.05, 3.63) is 47.5 Å². The van der Waals surface area contributed by atoms with Crippen LogP contribution in [0.4, 0.5) is 0 Å². The van der Waals surface area contributed by atoms with Crippen LogP contribution in [-0.2, 0) is 6.54 Å². The van der Waals surface area contributed by atoms with Gasteiger partial charge in [0.15, 0.2) is 11.5 Å². The van der Waals surface area contributed by atoms with Crippen LogP contribution in [0.5, 0.6) is 23.0 Å². The van der Waals surface area contributed by atoms with Crippen LogP contribution in [-0.4, -0.2) is 28.3 Å². The molecule has 0 unspecified atom stereocenters. The first kappa shape index (κ1) is 18.2. The van der Waals surface area contributed by atoms with E-state index in [1.54, 1.807) is 12.1 Å². The van der Waals surface area contributed by atoms with Crippen LogP contribution in [0.2, 0.25) is 0 Å². The summed E-state index contributed by atoms with van der Waals surface area (Å²) in [5.41, 5.74) is 0.801. The molecule has 22 heavy (non-hydrogen) atoms. The van der Waals surface area contributed by atoms with Crippen LogP contribution in [0.15, 0.2) is 36.4 Å². The molecule has 0 aliphatic heterocycles. The smallest absolute Gasteiger partial charge is 1.00 e. The number of phenolic OH excluding ortho intramolecular Hbond substituents is 3. The molecule has 2 rings (SSSR count). The first-order chi connectivity index (χ1) is 10.0. The van der Waals surface area contributed by atoms with E-state index < -0.39 is 5.91 Å². The molecule has 0 atom stereocenters. The zero-order chi connectivity index (χ0) is 15.4. The second-order valence-electron chi connectivity index (χ2n) is 4.39. The average Bonchev–Trinajstić information content (AvgIpc) is 2.46. The Kier molecular flexibility index (Phi) is 6.55. The Bertz CT molecular complexity index is 681. The van der Waals surface area contributed by atoms with E-state index in [9.17, 15) is 20.1 Å². The van der Waals surface area contributed by atoms with Gasteiger partial charge in [-0.15, -0.1) is 0 Å². The number of nitrogens with one attached hydrogen (secondary N) is 1. The van der Waals surface area contributed by atoms with Gasteiger partial charge in [-0.25, -0.2) is 0 Å². The third-order valence-corrected chi connectivity index (χ3v) is 2.92. The molecule has 0 bridgehead atoms. The van der Waals surface area contributed by atoms with Crippen LogP contribution in [0.25, 0.3) is 0 Å². The van der Waals surface area contributed by atoms with Crippen molar-refractivity contribution in [3.63, 3.8) is 0 Å². The third-order valence-electron chi connectivity index (χ3n) is 2.92. The van der Waals surface area contributed by atoms with Crippen molar-refractivity contribution in [1.29, 1.82) is 0 Å². The van der Waals surface area contributed by atoms with Crippen molar-refractivity contribution in [2.75, 3.05) is 7.11 Å². The molecule has 112 valence electrons. The number of rotatable bonds is 4. The maximum Gasteiger partial charge on any atom is 1.00 e. The molecular weight excluding hydrogens is 297 g/mol. The topological polar surface area (TPSA) is 99.0 Å². The van der Waals surface area contributed by atoms with Crippen LogP contribution >= 0.6 is 0 Å². The normalized spacial score (nSPS) is 9.68. The van der Waals surface area contributed by atoms with Crippen molar-refractivity contribution in [2.24, 2.45) is 0 Å². The fourth-order valence-corrected chi connectivity index (χ4v) is 1.82. The average molecular weight is 313 g/mol. The number of hydrogen-bond acceptors (Lipinski definition) is 5. The zero-order valence-electron chi connectivity index (χ0n) is 13.3. The molecule has 0 heterocycles. The van der Waals surface area contributed by atoms with Gasteiger partial charge in [0.05, 0.1) is 12.7 Å². The summed E-state index contributed by atoms with van der Waals surface area (Å²) in [5.74, 6) is -0.555. The van der Waals surface area contributed by atoms with Gasteiger partial charge in [0, 0.05) is 12.6 Å². The van der Waals surface area contributed by atoms with Gasteiger partial charge >= 0.3 is 29.6 Å². The Balaban J connectivity index is 0.00000242. The second-order valence-corrected chi connectivity index (χ2v) is 4.39. The van der Waals surface area contributed by atoms with Crippen LogP contribution < -0.4 is 39.6 Å². The van der Waals surface area contributed by atoms with Crippen molar-refractivity contribution >= 4 is 5.91 Å². The molecule has 6 nitrogen and oxygen atoms in total. The van der Waals surface area contributed by atoms with Crippen LogP contribution in [0.3, 0.4) is 0 Å². The second kappa shape index (κ2) is 7.93. The number of amides is 1. The summed E-state index contributed by atoms with van der Waals surface area (Å²) in [6, 6.07) is 8.47. The van der Waals surface area contributed by atoms with Gasteiger partial charge in [-0.05, 0) is 29.8 Å². The fourth-order valence-electron chi connectivity index (χ4n) is 1.82. The first-order valence-corrected chi connectivity index (χ1v) is 6.17. The van der Waals surface area contributed by atoms with E-state index in [0.29, 0.717) is 5.75 Å². The fraction of sp³-hybridized carbons (Fsp3) is 0.133. The molecule has 2 aromatic rings. The minimum absolute atomic E-state index is 0. The molecule has 0 saturated heterocycles. The number of aromatic hydroxyl groups is 3. The molecule has 0 saturated carbocycles. The third kappa shape index (κ3) is 4.30. The van der Waals surface area contributed by atoms with Gasteiger partial charge in [0.2, 0.25) is 0 Å². The van der Waals surface area contributed by atoms with Gasteiger partial charge in [-0.1, -0.05) is 6.07 Å². The van der Waals surface area contributed by atoms with Gasteiger partial charge in [0.1, 0.15) is 11.5 Å². The minimum atomic E-state index is -0.473. The number of phenols is 3. The number of benzene rings is 2. The standard InChI is InChI=1S/C15H15NO5.Na.H/c1-21-14-6-9(2-5-12(14)18)8-16-15(20)11-4-3-10(17)7-13(11)19;;/h2-7,17-19H,8H2,1H3,(H,16,20);;/q;+1;-1. The Hall–Kier alpha value is -1.89. The van der Waals surface area contributed by atoms with Gasteiger partial charge in [-0.3, -0.25) is 4.79 Å². The first-order valence-electron chi connectivity index (χ1n) is 6.17. The molecular formula is C15H16NNaO5. The van der Waals surface area contributed by atoms with E-state index in [0.717, 1.165) is 11.6 Å². The number of carbonyl (C=O) groups is 1. The number of ether oxygens (including phenoxy) is 1. The summed E-state index contributed by atoms with van der Waals surface area (Å²) >= 11 is 0. The molecule has 1 amide bonds. The van der Waals surface area contributed by atoms with Crippen LogP contribution in [0, 0.1) is 0 Å². The molecule has 0 radical (unpaired) electrons. The summed E-state index contributed by atoms with van der Waals surface area (Å²) < 4.78 is 4.98. The molecule has 0 aromatic heterocycles. The Morgan fingerprint density at radius 3 is 2.50 bits per heavy atom. The Morgan fingerprint density at radius 1 is 1.14 bits per heavy atom. The van der Waals surface area contributed by atoms with Gasteiger partial charge < -0.3 is 26.8 Å². The van der Waals surface area contributed by atoms with Crippen molar-refractivity contribution < 1.29 is 55.8 Å². The summed E-state index contributed by atoms with van der Waals surface area (Å²) in [5, 5.41) is 30.9.